The topological polar surface area (TPSA) is 60.2 Å². The molecule has 4 heteroatoms. The Bertz CT molecular complexity index is 531. The number of benzene rings is 1. The van der Waals surface area contributed by atoms with Crippen LogP contribution in [0.15, 0.2) is 42.7 Å². The Morgan fingerprint density at radius 3 is 3.06 bits per heavy atom. The molecule has 0 fully saturated rings. The number of fused-ring (bicyclic) bond motifs is 1. The molecule has 0 bridgehead atoms. The third kappa shape index (κ3) is 2.09. The van der Waals surface area contributed by atoms with E-state index < -0.39 is 0 Å². The first kappa shape index (κ1) is 10.9. The van der Waals surface area contributed by atoms with E-state index in [1.807, 2.05) is 24.3 Å². The van der Waals surface area contributed by atoms with E-state index >= 15 is 0 Å². The van der Waals surface area contributed by atoms with Crippen LogP contribution in [0.1, 0.15) is 5.56 Å². The molecule has 0 saturated heterocycles. The summed E-state index contributed by atoms with van der Waals surface area (Å²) in [5, 5.41) is 3.30. The smallest absolute Gasteiger partial charge is 0.123 e. The molecule has 2 aromatic rings. The predicted octanol–water partition coefficient (Wildman–Crippen LogP) is 2.08. The minimum atomic E-state index is 0.162. The van der Waals surface area contributed by atoms with E-state index in [0.717, 1.165) is 24.4 Å². The zero-order valence-corrected chi connectivity index (χ0v) is 9.97. The van der Waals surface area contributed by atoms with Crippen LogP contribution in [-0.4, -0.2) is 17.6 Å². The average Bonchev–Trinajstić information content (AvgIpc) is 2.80. The Morgan fingerprint density at radius 2 is 2.22 bits per heavy atom. The monoisotopic (exact) mass is 241 g/mol. The molecule has 0 radical (unpaired) electrons. The van der Waals surface area contributed by atoms with Crippen LogP contribution in [0.25, 0.3) is 0 Å². The van der Waals surface area contributed by atoms with Crippen LogP contribution in [-0.2, 0) is 6.42 Å². The van der Waals surface area contributed by atoms with Crippen LogP contribution in [0, 0.1) is 0 Å². The fourth-order valence-corrected chi connectivity index (χ4v) is 2.16. The van der Waals surface area contributed by atoms with Gasteiger partial charge in [-0.15, -0.1) is 0 Å². The number of nitrogens with zero attached hydrogens (tertiary/aromatic N) is 1. The second-order valence-electron chi connectivity index (χ2n) is 4.40. The van der Waals surface area contributed by atoms with Gasteiger partial charge in [0.05, 0.1) is 24.1 Å². The number of ether oxygens (including phenoxy) is 1. The molecule has 0 spiro atoms. The summed E-state index contributed by atoms with van der Waals surface area (Å²) >= 11 is 0. The van der Waals surface area contributed by atoms with Gasteiger partial charge in [0, 0.05) is 12.6 Å². The van der Waals surface area contributed by atoms with Crippen molar-refractivity contribution in [3.63, 3.8) is 0 Å². The number of para-hydroxylation sites is 1. The summed E-state index contributed by atoms with van der Waals surface area (Å²) in [5.41, 5.74) is 8.66. The van der Waals surface area contributed by atoms with Crippen LogP contribution in [0.3, 0.4) is 0 Å². The minimum Gasteiger partial charge on any atom is -0.488 e. The molecule has 1 atom stereocenters. The lowest BCUT2D eigenvalue weighted by molar-refractivity contribution is 0.246. The van der Waals surface area contributed by atoms with Gasteiger partial charge in [-0.1, -0.05) is 18.2 Å². The molecule has 0 saturated carbocycles. The van der Waals surface area contributed by atoms with E-state index in [1.165, 1.54) is 5.56 Å². The summed E-state index contributed by atoms with van der Waals surface area (Å²) in [6.07, 6.45) is 4.47. The second-order valence-corrected chi connectivity index (χ2v) is 4.40. The van der Waals surface area contributed by atoms with Crippen molar-refractivity contribution in [1.82, 2.24) is 4.98 Å². The van der Waals surface area contributed by atoms with Crippen LogP contribution >= 0.6 is 0 Å². The van der Waals surface area contributed by atoms with Crippen LogP contribution in [0.5, 0.6) is 5.75 Å². The number of hydrogen-bond donors (Lipinski definition) is 2. The molecule has 0 aliphatic carbocycles. The van der Waals surface area contributed by atoms with Crippen molar-refractivity contribution in [2.45, 2.75) is 12.5 Å². The van der Waals surface area contributed by atoms with E-state index in [2.05, 4.69) is 16.4 Å². The van der Waals surface area contributed by atoms with Gasteiger partial charge in [-0.2, -0.15) is 0 Å². The van der Waals surface area contributed by atoms with Crippen LogP contribution in [0.2, 0.25) is 0 Å². The van der Waals surface area contributed by atoms with Gasteiger partial charge in [0.15, 0.2) is 0 Å². The highest BCUT2D eigenvalue weighted by atomic mass is 16.5. The molecular formula is C14H15N3O. The van der Waals surface area contributed by atoms with Crippen LogP contribution in [0.4, 0.5) is 11.4 Å². The lowest BCUT2D eigenvalue weighted by atomic mass is 10.1. The second kappa shape index (κ2) is 4.56. The molecule has 1 aromatic heterocycles. The van der Waals surface area contributed by atoms with E-state index in [-0.39, 0.29) is 6.10 Å². The predicted molar refractivity (Wildman–Crippen MR) is 71.7 cm³/mol. The highest BCUT2D eigenvalue weighted by molar-refractivity contribution is 5.64. The highest BCUT2D eigenvalue weighted by Crippen LogP contribution is 2.28. The van der Waals surface area contributed by atoms with E-state index in [1.54, 1.807) is 12.4 Å². The Kier molecular flexibility index (Phi) is 2.76. The molecule has 1 aromatic carbocycles. The zero-order chi connectivity index (χ0) is 12.4. The largest absolute Gasteiger partial charge is 0.488 e. The third-order valence-electron chi connectivity index (χ3n) is 3.09. The van der Waals surface area contributed by atoms with Gasteiger partial charge in [0.2, 0.25) is 0 Å². The summed E-state index contributed by atoms with van der Waals surface area (Å²) in [6, 6.07) is 10.0. The maximum Gasteiger partial charge on any atom is 0.123 e. The van der Waals surface area contributed by atoms with Gasteiger partial charge < -0.3 is 15.8 Å². The SMILES string of the molecule is Nc1cnccc1NCC1Cc2ccccc2O1. The number of nitrogen functional groups attached to an aromatic ring is 1. The van der Waals surface area contributed by atoms with E-state index in [4.69, 9.17) is 10.5 Å². The molecular weight excluding hydrogens is 226 g/mol. The van der Waals surface area contributed by atoms with Gasteiger partial charge in [-0.3, -0.25) is 4.98 Å². The third-order valence-corrected chi connectivity index (χ3v) is 3.09. The lowest BCUT2D eigenvalue weighted by Gasteiger charge is -2.13. The Hall–Kier alpha value is -2.23. The van der Waals surface area contributed by atoms with Crippen LogP contribution < -0.4 is 15.8 Å². The standard InChI is InChI=1S/C14H15N3O/c15-12-9-16-6-5-13(12)17-8-11-7-10-3-1-2-4-14(10)18-11/h1-6,9,11H,7-8,15H2,(H,16,17). The molecule has 0 amide bonds. The summed E-state index contributed by atoms with van der Waals surface area (Å²) in [4.78, 5) is 3.96. The van der Waals surface area contributed by atoms with Crippen molar-refractivity contribution >= 4 is 11.4 Å². The fourth-order valence-electron chi connectivity index (χ4n) is 2.16. The van der Waals surface area contributed by atoms with E-state index in [9.17, 15) is 0 Å². The molecule has 92 valence electrons. The number of aromatic nitrogens is 1. The van der Waals surface area contributed by atoms with Crippen molar-refractivity contribution in [3.05, 3.63) is 48.3 Å². The van der Waals surface area contributed by atoms with Crippen molar-refractivity contribution < 1.29 is 4.74 Å². The van der Waals surface area contributed by atoms with Gasteiger partial charge in [0.1, 0.15) is 11.9 Å². The fraction of sp³-hybridized carbons (Fsp3) is 0.214. The molecule has 18 heavy (non-hydrogen) atoms. The molecule has 3 N–H and O–H groups in total. The normalized spacial score (nSPS) is 17.0. The molecule has 1 unspecified atom stereocenters. The summed E-state index contributed by atoms with van der Waals surface area (Å²) in [6.45, 7) is 0.739. The lowest BCUT2D eigenvalue weighted by Crippen LogP contribution is -2.24. The summed E-state index contributed by atoms with van der Waals surface area (Å²) in [7, 11) is 0. The minimum absolute atomic E-state index is 0.162. The first-order chi connectivity index (χ1) is 8.83. The maximum absolute atomic E-state index is 5.85. The first-order valence-electron chi connectivity index (χ1n) is 6.01. The quantitative estimate of drug-likeness (QED) is 0.863. The van der Waals surface area contributed by atoms with Gasteiger partial charge >= 0.3 is 0 Å². The Balaban J connectivity index is 1.62. The number of nitrogens with one attached hydrogen (secondary N) is 1. The number of anilines is 2. The van der Waals surface area contributed by atoms with Gasteiger partial charge in [-0.05, 0) is 17.7 Å². The van der Waals surface area contributed by atoms with Crippen molar-refractivity contribution in [3.8, 4) is 5.75 Å². The highest BCUT2D eigenvalue weighted by Gasteiger charge is 2.21. The summed E-state index contributed by atoms with van der Waals surface area (Å²) in [5.74, 6) is 0.993. The number of pyridine rings is 1. The van der Waals surface area contributed by atoms with E-state index in [0.29, 0.717) is 5.69 Å². The number of nitrogens with two attached hydrogens (primary N) is 1. The van der Waals surface area contributed by atoms with Gasteiger partial charge in [0.25, 0.3) is 0 Å². The molecule has 4 nitrogen and oxygen atoms in total. The van der Waals surface area contributed by atoms with Gasteiger partial charge in [-0.25, -0.2) is 0 Å². The molecule has 3 rings (SSSR count). The van der Waals surface area contributed by atoms with Crippen molar-refractivity contribution in [2.75, 3.05) is 17.6 Å². The number of rotatable bonds is 3. The Morgan fingerprint density at radius 1 is 1.33 bits per heavy atom. The molecule has 1 aliphatic rings. The maximum atomic E-state index is 5.85. The molecule has 1 aliphatic heterocycles. The van der Waals surface area contributed by atoms with Crippen molar-refractivity contribution in [2.24, 2.45) is 0 Å². The van der Waals surface area contributed by atoms with Crippen molar-refractivity contribution in [1.29, 1.82) is 0 Å². The molecule has 2 heterocycles. The Labute approximate surface area is 106 Å². The number of hydrogen-bond acceptors (Lipinski definition) is 4. The average molecular weight is 241 g/mol. The first-order valence-corrected chi connectivity index (χ1v) is 6.01. The zero-order valence-electron chi connectivity index (χ0n) is 9.97. The summed E-state index contributed by atoms with van der Waals surface area (Å²) < 4.78 is 5.85.